The molecule has 1 rings (SSSR count). The van der Waals surface area contributed by atoms with Crippen molar-refractivity contribution < 1.29 is 9.84 Å². The first-order valence-electron chi connectivity index (χ1n) is 3.74. The Morgan fingerprint density at radius 1 is 1.42 bits per heavy atom. The highest BCUT2D eigenvalue weighted by atomic mass is 32.2. The van der Waals surface area contributed by atoms with Gasteiger partial charge in [-0.3, -0.25) is 0 Å². The van der Waals surface area contributed by atoms with Gasteiger partial charge in [0.1, 0.15) is 5.75 Å². The second kappa shape index (κ2) is 5.06. The van der Waals surface area contributed by atoms with Crippen LogP contribution in [0.25, 0.3) is 0 Å². The lowest BCUT2D eigenvalue weighted by Gasteiger charge is -2.02. The highest BCUT2D eigenvalue weighted by Gasteiger charge is 1.98. The molecule has 0 spiro atoms. The van der Waals surface area contributed by atoms with E-state index in [1.165, 1.54) is 0 Å². The molecule has 0 amide bonds. The van der Waals surface area contributed by atoms with E-state index in [9.17, 15) is 5.11 Å². The Balaban J connectivity index is 2.46. The zero-order chi connectivity index (χ0) is 8.81. The van der Waals surface area contributed by atoms with Gasteiger partial charge in [-0.05, 0) is 12.1 Å². The standard InChI is InChI=1S/C9H12O2S/c1-11-6-7-12-9-5-3-2-4-8(9)10/h2-5,10H,6-7H2,1H3. The van der Waals surface area contributed by atoms with Gasteiger partial charge in [0.2, 0.25) is 0 Å². The number of thioether (sulfide) groups is 1. The Hall–Kier alpha value is -0.670. The van der Waals surface area contributed by atoms with Crippen molar-refractivity contribution in [3.05, 3.63) is 24.3 Å². The summed E-state index contributed by atoms with van der Waals surface area (Å²) in [5, 5.41) is 9.35. The van der Waals surface area contributed by atoms with Crippen LogP contribution in [0, 0.1) is 0 Å². The lowest BCUT2D eigenvalue weighted by Crippen LogP contribution is -1.90. The van der Waals surface area contributed by atoms with Crippen LogP contribution in [0.5, 0.6) is 5.75 Å². The second-order valence-corrected chi connectivity index (χ2v) is 3.45. The van der Waals surface area contributed by atoms with Gasteiger partial charge in [0, 0.05) is 17.8 Å². The summed E-state index contributed by atoms with van der Waals surface area (Å²) in [7, 11) is 1.67. The average Bonchev–Trinajstić information content (AvgIpc) is 2.09. The quantitative estimate of drug-likeness (QED) is 0.574. The van der Waals surface area contributed by atoms with Gasteiger partial charge in [-0.15, -0.1) is 11.8 Å². The molecule has 0 unspecified atom stereocenters. The van der Waals surface area contributed by atoms with Crippen LogP contribution in [-0.4, -0.2) is 24.6 Å². The Bertz CT molecular complexity index is 238. The van der Waals surface area contributed by atoms with Gasteiger partial charge < -0.3 is 9.84 Å². The molecule has 66 valence electrons. The first-order valence-corrected chi connectivity index (χ1v) is 4.73. The van der Waals surface area contributed by atoms with Crippen molar-refractivity contribution >= 4 is 11.8 Å². The number of aromatic hydroxyl groups is 1. The van der Waals surface area contributed by atoms with Crippen LogP contribution in [0.15, 0.2) is 29.2 Å². The molecule has 0 fully saturated rings. The summed E-state index contributed by atoms with van der Waals surface area (Å²) in [5.41, 5.74) is 0. The molecule has 0 aliphatic carbocycles. The van der Waals surface area contributed by atoms with E-state index >= 15 is 0 Å². The van der Waals surface area contributed by atoms with Crippen molar-refractivity contribution in [3.8, 4) is 5.75 Å². The maximum atomic E-state index is 9.35. The highest BCUT2D eigenvalue weighted by Crippen LogP contribution is 2.27. The van der Waals surface area contributed by atoms with Crippen molar-refractivity contribution in [3.63, 3.8) is 0 Å². The molecule has 0 aliphatic heterocycles. The molecule has 1 N–H and O–H groups in total. The Morgan fingerprint density at radius 3 is 2.83 bits per heavy atom. The second-order valence-electron chi connectivity index (χ2n) is 2.31. The van der Waals surface area contributed by atoms with Crippen molar-refractivity contribution in [1.82, 2.24) is 0 Å². The lowest BCUT2D eigenvalue weighted by molar-refractivity contribution is 0.218. The number of para-hydroxylation sites is 1. The fourth-order valence-corrected chi connectivity index (χ4v) is 1.67. The van der Waals surface area contributed by atoms with Crippen LogP contribution < -0.4 is 0 Å². The van der Waals surface area contributed by atoms with E-state index < -0.39 is 0 Å². The predicted molar refractivity (Wildman–Crippen MR) is 50.7 cm³/mol. The van der Waals surface area contributed by atoms with Gasteiger partial charge >= 0.3 is 0 Å². The summed E-state index contributed by atoms with van der Waals surface area (Å²) in [6.45, 7) is 0.707. The number of benzene rings is 1. The van der Waals surface area contributed by atoms with Crippen molar-refractivity contribution in [1.29, 1.82) is 0 Å². The van der Waals surface area contributed by atoms with E-state index in [4.69, 9.17) is 4.74 Å². The molecule has 0 atom stereocenters. The Kier molecular flexibility index (Phi) is 3.97. The fraction of sp³-hybridized carbons (Fsp3) is 0.333. The number of rotatable bonds is 4. The molecule has 0 heterocycles. The highest BCUT2D eigenvalue weighted by molar-refractivity contribution is 7.99. The van der Waals surface area contributed by atoms with Crippen LogP contribution in [0.1, 0.15) is 0 Å². The van der Waals surface area contributed by atoms with Gasteiger partial charge in [-0.25, -0.2) is 0 Å². The number of phenols is 1. The maximum Gasteiger partial charge on any atom is 0.129 e. The summed E-state index contributed by atoms with van der Waals surface area (Å²) in [6, 6.07) is 7.31. The zero-order valence-electron chi connectivity index (χ0n) is 6.99. The van der Waals surface area contributed by atoms with Crippen LogP contribution >= 0.6 is 11.8 Å². The Labute approximate surface area is 76.6 Å². The predicted octanol–water partition coefficient (Wildman–Crippen LogP) is 2.13. The molecule has 2 nitrogen and oxygen atoms in total. The van der Waals surface area contributed by atoms with Crippen LogP contribution in [0.2, 0.25) is 0 Å². The minimum atomic E-state index is 0.346. The first-order chi connectivity index (χ1) is 5.84. The molecule has 12 heavy (non-hydrogen) atoms. The number of phenolic OH excluding ortho intramolecular Hbond substituents is 1. The average molecular weight is 184 g/mol. The summed E-state index contributed by atoms with van der Waals surface area (Å²) >= 11 is 1.60. The molecular formula is C9H12O2S. The van der Waals surface area contributed by atoms with E-state index in [1.807, 2.05) is 18.2 Å². The molecular weight excluding hydrogens is 172 g/mol. The van der Waals surface area contributed by atoms with Crippen LogP contribution in [0.3, 0.4) is 0 Å². The first kappa shape index (κ1) is 9.42. The zero-order valence-corrected chi connectivity index (χ0v) is 7.80. The molecule has 0 saturated carbocycles. The van der Waals surface area contributed by atoms with Gasteiger partial charge in [0.25, 0.3) is 0 Å². The molecule has 0 radical (unpaired) electrons. The van der Waals surface area contributed by atoms with Gasteiger partial charge in [-0.1, -0.05) is 12.1 Å². The smallest absolute Gasteiger partial charge is 0.129 e. The molecule has 0 aliphatic rings. The molecule has 0 aromatic heterocycles. The third-order valence-electron chi connectivity index (χ3n) is 1.41. The molecule has 1 aromatic carbocycles. The van der Waals surface area contributed by atoms with E-state index in [-0.39, 0.29) is 0 Å². The summed E-state index contributed by atoms with van der Waals surface area (Å²) < 4.78 is 4.90. The maximum absolute atomic E-state index is 9.35. The minimum Gasteiger partial charge on any atom is -0.507 e. The SMILES string of the molecule is COCCSc1ccccc1O. The van der Waals surface area contributed by atoms with Gasteiger partial charge in [-0.2, -0.15) is 0 Å². The Morgan fingerprint density at radius 2 is 2.17 bits per heavy atom. The minimum absolute atomic E-state index is 0.346. The number of hydrogen-bond donors (Lipinski definition) is 1. The molecule has 0 saturated heterocycles. The third-order valence-corrected chi connectivity index (χ3v) is 2.44. The van der Waals surface area contributed by atoms with Gasteiger partial charge in [0.05, 0.1) is 6.61 Å². The van der Waals surface area contributed by atoms with E-state index in [1.54, 1.807) is 24.9 Å². The summed E-state index contributed by atoms with van der Waals surface area (Å²) in [4.78, 5) is 0.912. The third kappa shape index (κ3) is 2.75. The largest absolute Gasteiger partial charge is 0.507 e. The number of ether oxygens (including phenoxy) is 1. The fourth-order valence-electron chi connectivity index (χ4n) is 0.814. The number of hydrogen-bond acceptors (Lipinski definition) is 3. The van der Waals surface area contributed by atoms with E-state index in [0.717, 1.165) is 10.6 Å². The van der Waals surface area contributed by atoms with Crippen molar-refractivity contribution in [2.24, 2.45) is 0 Å². The monoisotopic (exact) mass is 184 g/mol. The molecule has 1 aromatic rings. The molecule has 0 bridgehead atoms. The van der Waals surface area contributed by atoms with Crippen LogP contribution in [0.4, 0.5) is 0 Å². The topological polar surface area (TPSA) is 29.5 Å². The van der Waals surface area contributed by atoms with Crippen molar-refractivity contribution in [2.45, 2.75) is 4.90 Å². The van der Waals surface area contributed by atoms with E-state index in [0.29, 0.717) is 12.4 Å². The molecule has 3 heteroatoms. The van der Waals surface area contributed by atoms with Crippen LogP contribution in [-0.2, 0) is 4.74 Å². The normalized spacial score (nSPS) is 10.1. The van der Waals surface area contributed by atoms with Gasteiger partial charge in [0.15, 0.2) is 0 Å². The summed E-state index contributed by atoms with van der Waals surface area (Å²) in [6.07, 6.45) is 0. The lowest BCUT2D eigenvalue weighted by atomic mass is 10.3. The van der Waals surface area contributed by atoms with E-state index in [2.05, 4.69) is 0 Å². The number of methoxy groups -OCH3 is 1. The summed E-state index contributed by atoms with van der Waals surface area (Å²) in [5.74, 6) is 1.22. The van der Waals surface area contributed by atoms with Crippen molar-refractivity contribution in [2.75, 3.05) is 19.5 Å².